The smallest absolute Gasteiger partial charge is 0.255 e. The predicted molar refractivity (Wildman–Crippen MR) is 141 cm³/mol. The second-order valence-corrected chi connectivity index (χ2v) is 10.0. The first-order chi connectivity index (χ1) is 17.3. The lowest BCUT2D eigenvalue weighted by Gasteiger charge is -2.26. The van der Waals surface area contributed by atoms with Crippen LogP contribution in [0.2, 0.25) is 0 Å². The highest BCUT2D eigenvalue weighted by atomic mass is 19.1. The first-order valence-corrected chi connectivity index (χ1v) is 12.2. The van der Waals surface area contributed by atoms with E-state index >= 15 is 0 Å². The summed E-state index contributed by atoms with van der Waals surface area (Å²) in [6, 6.07) is 13.3. The van der Waals surface area contributed by atoms with Gasteiger partial charge in [-0.05, 0) is 62.1 Å². The number of nitrogens with zero attached hydrogens (tertiary/aromatic N) is 2. The summed E-state index contributed by atoms with van der Waals surface area (Å²) in [5, 5.41) is 12.9. The maximum absolute atomic E-state index is 14.5. The normalized spacial score (nSPS) is 15.6. The minimum absolute atomic E-state index is 0.298. The number of halogens is 1. The lowest BCUT2D eigenvalue weighted by Crippen LogP contribution is -2.33. The summed E-state index contributed by atoms with van der Waals surface area (Å²) < 4.78 is 14.5. The number of alkyl halides is 1. The van der Waals surface area contributed by atoms with Crippen molar-refractivity contribution in [3.8, 4) is 0 Å². The molecule has 1 spiro atoms. The SMILES string of the molecule is C=CCNC(=O)c1cnc(Nc2ccc3c(c2)CNCC32CC2)cc1Nc1cccc(C(C)(C)F)n1. The van der Waals surface area contributed by atoms with Crippen molar-refractivity contribution in [1.29, 1.82) is 0 Å². The second kappa shape index (κ2) is 9.35. The highest BCUT2D eigenvalue weighted by molar-refractivity contribution is 6.00. The van der Waals surface area contributed by atoms with Crippen LogP contribution >= 0.6 is 0 Å². The van der Waals surface area contributed by atoms with Crippen LogP contribution in [0.15, 0.2) is 61.3 Å². The van der Waals surface area contributed by atoms with Gasteiger partial charge < -0.3 is 21.3 Å². The highest BCUT2D eigenvalue weighted by Gasteiger charge is 2.46. The van der Waals surface area contributed by atoms with Crippen molar-refractivity contribution < 1.29 is 9.18 Å². The quantitative estimate of drug-likeness (QED) is 0.327. The molecule has 186 valence electrons. The zero-order valence-corrected chi connectivity index (χ0v) is 20.6. The van der Waals surface area contributed by atoms with Crippen LogP contribution in [0.3, 0.4) is 0 Å². The maximum atomic E-state index is 14.5. The molecular formula is C28H31FN6O. The van der Waals surface area contributed by atoms with Gasteiger partial charge in [0.05, 0.1) is 16.9 Å². The van der Waals surface area contributed by atoms with Crippen LogP contribution in [0.1, 0.15) is 53.9 Å². The molecule has 4 N–H and O–H groups in total. The van der Waals surface area contributed by atoms with E-state index in [4.69, 9.17) is 0 Å². The Labute approximate surface area is 210 Å². The number of nitrogens with one attached hydrogen (secondary N) is 4. The van der Waals surface area contributed by atoms with Gasteiger partial charge in [0.25, 0.3) is 5.91 Å². The highest BCUT2D eigenvalue weighted by Crippen LogP contribution is 2.50. The van der Waals surface area contributed by atoms with E-state index in [1.54, 1.807) is 30.3 Å². The molecular weight excluding hydrogens is 455 g/mol. The number of carbonyl (C=O) groups is 1. The average molecular weight is 487 g/mol. The van der Waals surface area contributed by atoms with E-state index < -0.39 is 5.67 Å². The lowest BCUT2D eigenvalue weighted by atomic mass is 9.88. The number of amides is 1. The molecule has 36 heavy (non-hydrogen) atoms. The molecule has 2 aromatic heterocycles. The Kier molecular flexibility index (Phi) is 6.22. The number of fused-ring (bicyclic) bond motifs is 2. The first kappa shape index (κ1) is 23.9. The molecule has 1 aliphatic heterocycles. The standard InChI is InChI=1S/C28H31FN6O/c1-4-12-31-26(36)20-16-32-25(14-22(20)34-24-7-5-6-23(35-24)27(2,3)29)33-19-8-9-21-18(13-19)15-30-17-28(21)10-11-28/h4-9,13-14,16,30H,1,10-12,15,17H2,2-3H3,(H,31,36)(H2,32,33,34,35). The molecule has 3 heterocycles. The number of pyridine rings is 2. The monoisotopic (exact) mass is 486 g/mol. The van der Waals surface area contributed by atoms with Crippen LogP contribution < -0.4 is 21.3 Å². The Morgan fingerprint density at radius 3 is 2.78 bits per heavy atom. The molecule has 5 rings (SSSR count). The fourth-order valence-electron chi connectivity index (χ4n) is 4.65. The molecule has 1 aliphatic carbocycles. The van der Waals surface area contributed by atoms with Gasteiger partial charge in [0.1, 0.15) is 17.3 Å². The van der Waals surface area contributed by atoms with E-state index in [0.717, 1.165) is 18.8 Å². The van der Waals surface area contributed by atoms with Crippen molar-refractivity contribution in [2.75, 3.05) is 23.7 Å². The topological polar surface area (TPSA) is 91.0 Å². The van der Waals surface area contributed by atoms with Crippen molar-refractivity contribution >= 4 is 28.9 Å². The van der Waals surface area contributed by atoms with Crippen molar-refractivity contribution in [3.05, 3.63) is 83.7 Å². The van der Waals surface area contributed by atoms with Crippen LogP contribution in [-0.4, -0.2) is 29.0 Å². The molecule has 2 aliphatic rings. The van der Waals surface area contributed by atoms with Gasteiger partial charge in [-0.25, -0.2) is 14.4 Å². The first-order valence-electron chi connectivity index (χ1n) is 12.2. The number of carbonyl (C=O) groups excluding carboxylic acids is 1. The van der Waals surface area contributed by atoms with Gasteiger partial charge in [-0.3, -0.25) is 4.79 Å². The van der Waals surface area contributed by atoms with Gasteiger partial charge in [0.15, 0.2) is 0 Å². The molecule has 1 amide bonds. The number of hydrogen-bond donors (Lipinski definition) is 4. The summed E-state index contributed by atoms with van der Waals surface area (Å²) in [5.41, 5.74) is 3.55. The van der Waals surface area contributed by atoms with E-state index in [9.17, 15) is 9.18 Å². The zero-order chi connectivity index (χ0) is 25.3. The molecule has 3 aromatic rings. The summed E-state index contributed by atoms with van der Waals surface area (Å²) in [4.78, 5) is 21.7. The fourth-order valence-corrected chi connectivity index (χ4v) is 4.65. The van der Waals surface area contributed by atoms with Gasteiger partial charge >= 0.3 is 0 Å². The van der Waals surface area contributed by atoms with Crippen LogP contribution in [0.5, 0.6) is 0 Å². The van der Waals surface area contributed by atoms with Crippen molar-refractivity contribution in [2.24, 2.45) is 0 Å². The third-order valence-electron chi connectivity index (χ3n) is 6.76. The largest absolute Gasteiger partial charge is 0.348 e. The fraction of sp³-hybridized carbons (Fsp3) is 0.321. The van der Waals surface area contributed by atoms with E-state index in [2.05, 4.69) is 56.0 Å². The van der Waals surface area contributed by atoms with Crippen LogP contribution in [-0.2, 0) is 17.6 Å². The van der Waals surface area contributed by atoms with Gasteiger partial charge in [-0.15, -0.1) is 6.58 Å². The van der Waals surface area contributed by atoms with E-state index in [1.807, 2.05) is 0 Å². The van der Waals surface area contributed by atoms with Gasteiger partial charge in [0.2, 0.25) is 0 Å². The summed E-state index contributed by atoms with van der Waals surface area (Å²) >= 11 is 0. The van der Waals surface area contributed by atoms with Gasteiger partial charge in [0, 0.05) is 43.0 Å². The summed E-state index contributed by atoms with van der Waals surface area (Å²) in [6.45, 7) is 8.79. The van der Waals surface area contributed by atoms with Gasteiger partial charge in [-0.1, -0.05) is 18.2 Å². The molecule has 0 radical (unpaired) electrons. The van der Waals surface area contributed by atoms with Crippen LogP contribution in [0.25, 0.3) is 0 Å². The van der Waals surface area contributed by atoms with E-state index in [1.165, 1.54) is 44.0 Å². The molecule has 0 atom stereocenters. The number of rotatable bonds is 8. The average Bonchev–Trinajstić information content (AvgIpc) is 3.62. The Hall–Kier alpha value is -3.78. The Bertz CT molecular complexity index is 1310. The van der Waals surface area contributed by atoms with Crippen LogP contribution in [0, 0.1) is 0 Å². The maximum Gasteiger partial charge on any atom is 0.255 e. The van der Waals surface area contributed by atoms with Crippen molar-refractivity contribution in [2.45, 2.75) is 44.3 Å². The molecule has 7 nitrogen and oxygen atoms in total. The van der Waals surface area contributed by atoms with Crippen molar-refractivity contribution in [3.63, 3.8) is 0 Å². The minimum atomic E-state index is -1.59. The second-order valence-electron chi connectivity index (χ2n) is 10.0. The van der Waals surface area contributed by atoms with Gasteiger partial charge in [-0.2, -0.15) is 0 Å². The summed E-state index contributed by atoms with van der Waals surface area (Å²) in [5.74, 6) is 0.709. The molecule has 1 fully saturated rings. The van der Waals surface area contributed by atoms with Crippen LogP contribution in [0.4, 0.5) is 27.4 Å². The lowest BCUT2D eigenvalue weighted by molar-refractivity contribution is 0.0958. The number of anilines is 4. The molecule has 0 bridgehead atoms. The summed E-state index contributed by atoms with van der Waals surface area (Å²) in [6.07, 6.45) is 5.60. The van der Waals surface area contributed by atoms with E-state index in [0.29, 0.717) is 40.5 Å². The molecule has 1 saturated carbocycles. The molecule has 0 unspecified atom stereocenters. The number of hydrogen-bond acceptors (Lipinski definition) is 6. The van der Waals surface area contributed by atoms with Crippen molar-refractivity contribution in [1.82, 2.24) is 20.6 Å². The molecule has 0 saturated heterocycles. The Morgan fingerprint density at radius 2 is 2.03 bits per heavy atom. The third kappa shape index (κ3) is 4.95. The Balaban J connectivity index is 1.44. The minimum Gasteiger partial charge on any atom is -0.348 e. The summed E-state index contributed by atoms with van der Waals surface area (Å²) in [7, 11) is 0. The number of benzene rings is 1. The molecule has 1 aromatic carbocycles. The van der Waals surface area contributed by atoms with E-state index in [-0.39, 0.29) is 5.91 Å². The number of aromatic nitrogens is 2. The Morgan fingerprint density at radius 1 is 1.19 bits per heavy atom. The molecule has 8 heteroatoms. The zero-order valence-electron chi connectivity index (χ0n) is 20.6. The predicted octanol–water partition coefficient (Wildman–Crippen LogP) is 5.22. The third-order valence-corrected chi connectivity index (χ3v) is 6.76.